The standard InChI is InChI=1S/C9H15NO/c1-7-10-8-5-3-2-4-6-9(8)11-7/h8-9H,2-6H2,1H3/t8-,9+/m1/s1. The minimum atomic E-state index is 0.428. The Kier molecular flexibility index (Phi) is 1.84. The highest BCUT2D eigenvalue weighted by molar-refractivity contribution is 5.75. The molecule has 1 fully saturated rings. The molecule has 0 N–H and O–H groups in total. The van der Waals surface area contributed by atoms with E-state index in [0.29, 0.717) is 12.1 Å². The van der Waals surface area contributed by atoms with Crippen LogP contribution in [0.5, 0.6) is 0 Å². The summed E-state index contributed by atoms with van der Waals surface area (Å²) < 4.78 is 5.60. The van der Waals surface area contributed by atoms with E-state index in [0.717, 1.165) is 5.90 Å². The highest BCUT2D eigenvalue weighted by atomic mass is 16.5. The number of ether oxygens (including phenoxy) is 1. The zero-order chi connectivity index (χ0) is 7.68. The Labute approximate surface area is 67.7 Å². The maximum atomic E-state index is 5.60. The molecule has 0 aromatic heterocycles. The van der Waals surface area contributed by atoms with Gasteiger partial charge in [-0.05, 0) is 19.3 Å². The van der Waals surface area contributed by atoms with Gasteiger partial charge in [-0.25, -0.2) is 4.99 Å². The second kappa shape index (κ2) is 2.84. The number of hydrogen-bond donors (Lipinski definition) is 0. The summed E-state index contributed by atoms with van der Waals surface area (Å²) in [4.78, 5) is 4.46. The summed E-state index contributed by atoms with van der Waals surface area (Å²) in [5, 5.41) is 0. The van der Waals surface area contributed by atoms with Crippen LogP contribution in [0.25, 0.3) is 0 Å². The zero-order valence-corrected chi connectivity index (χ0v) is 7.05. The molecular formula is C9H15NO. The SMILES string of the molecule is CC1=N[C@@H]2CCCCC[C@@H]2O1. The van der Waals surface area contributed by atoms with Crippen LogP contribution in [0.2, 0.25) is 0 Å². The van der Waals surface area contributed by atoms with Gasteiger partial charge in [-0.3, -0.25) is 0 Å². The second-order valence-corrected chi connectivity index (χ2v) is 3.51. The molecule has 1 saturated carbocycles. The molecule has 0 spiro atoms. The van der Waals surface area contributed by atoms with Gasteiger partial charge in [0.1, 0.15) is 6.10 Å². The van der Waals surface area contributed by atoms with Gasteiger partial charge in [0.25, 0.3) is 0 Å². The maximum Gasteiger partial charge on any atom is 0.180 e. The van der Waals surface area contributed by atoms with Crippen molar-refractivity contribution in [3.63, 3.8) is 0 Å². The molecule has 1 heterocycles. The van der Waals surface area contributed by atoms with Gasteiger partial charge in [0.15, 0.2) is 5.90 Å². The van der Waals surface area contributed by atoms with Crippen molar-refractivity contribution in [2.75, 3.05) is 0 Å². The molecule has 2 heteroatoms. The Morgan fingerprint density at radius 2 is 2.09 bits per heavy atom. The van der Waals surface area contributed by atoms with Gasteiger partial charge in [0, 0.05) is 6.92 Å². The van der Waals surface area contributed by atoms with Crippen LogP contribution >= 0.6 is 0 Å². The van der Waals surface area contributed by atoms with Gasteiger partial charge in [0.05, 0.1) is 6.04 Å². The molecule has 2 aliphatic rings. The number of aliphatic imine (C=N–C) groups is 1. The molecule has 0 unspecified atom stereocenters. The van der Waals surface area contributed by atoms with Crippen molar-refractivity contribution in [2.45, 2.75) is 51.2 Å². The van der Waals surface area contributed by atoms with E-state index in [1.54, 1.807) is 0 Å². The van der Waals surface area contributed by atoms with Crippen molar-refractivity contribution in [1.29, 1.82) is 0 Å². The number of fused-ring (bicyclic) bond motifs is 1. The van der Waals surface area contributed by atoms with Crippen LogP contribution in [-0.2, 0) is 4.74 Å². The van der Waals surface area contributed by atoms with Crippen LogP contribution in [0.1, 0.15) is 39.0 Å². The van der Waals surface area contributed by atoms with Crippen LogP contribution in [0.15, 0.2) is 4.99 Å². The van der Waals surface area contributed by atoms with Crippen molar-refractivity contribution >= 4 is 5.90 Å². The van der Waals surface area contributed by atoms with Gasteiger partial charge in [-0.2, -0.15) is 0 Å². The van der Waals surface area contributed by atoms with Crippen LogP contribution < -0.4 is 0 Å². The lowest BCUT2D eigenvalue weighted by molar-refractivity contribution is 0.182. The molecular weight excluding hydrogens is 138 g/mol. The predicted molar refractivity (Wildman–Crippen MR) is 44.9 cm³/mol. The first-order chi connectivity index (χ1) is 5.36. The first kappa shape index (κ1) is 7.14. The van der Waals surface area contributed by atoms with Gasteiger partial charge in [0.2, 0.25) is 0 Å². The fraction of sp³-hybridized carbons (Fsp3) is 0.889. The number of hydrogen-bond acceptors (Lipinski definition) is 2. The predicted octanol–water partition coefficient (Wildman–Crippen LogP) is 2.14. The van der Waals surface area contributed by atoms with Crippen molar-refractivity contribution in [3.05, 3.63) is 0 Å². The Morgan fingerprint density at radius 3 is 3.00 bits per heavy atom. The molecule has 0 bridgehead atoms. The molecule has 0 saturated heterocycles. The van der Waals surface area contributed by atoms with E-state index in [9.17, 15) is 0 Å². The summed E-state index contributed by atoms with van der Waals surface area (Å²) in [6.45, 7) is 1.97. The molecule has 0 amide bonds. The van der Waals surface area contributed by atoms with E-state index in [-0.39, 0.29) is 0 Å². The van der Waals surface area contributed by atoms with Gasteiger partial charge < -0.3 is 4.74 Å². The van der Waals surface area contributed by atoms with E-state index in [4.69, 9.17) is 4.74 Å². The molecule has 0 aromatic carbocycles. The average Bonchev–Trinajstić information content (AvgIpc) is 2.17. The second-order valence-electron chi connectivity index (χ2n) is 3.51. The zero-order valence-electron chi connectivity index (χ0n) is 7.05. The number of rotatable bonds is 0. The lowest BCUT2D eigenvalue weighted by Gasteiger charge is -2.12. The average molecular weight is 153 g/mol. The summed E-state index contributed by atoms with van der Waals surface area (Å²) in [5.41, 5.74) is 0. The van der Waals surface area contributed by atoms with Gasteiger partial charge in [-0.15, -0.1) is 0 Å². The lowest BCUT2D eigenvalue weighted by atomic mass is 10.1. The smallest absolute Gasteiger partial charge is 0.180 e. The largest absolute Gasteiger partial charge is 0.476 e. The first-order valence-corrected chi connectivity index (χ1v) is 4.57. The van der Waals surface area contributed by atoms with E-state index in [1.165, 1.54) is 32.1 Å². The summed E-state index contributed by atoms with van der Waals surface area (Å²) in [5.74, 6) is 0.905. The third-order valence-electron chi connectivity index (χ3n) is 2.59. The van der Waals surface area contributed by atoms with E-state index < -0.39 is 0 Å². The van der Waals surface area contributed by atoms with Crippen LogP contribution in [0, 0.1) is 0 Å². The quantitative estimate of drug-likeness (QED) is 0.522. The molecule has 2 nitrogen and oxygen atoms in total. The summed E-state index contributed by atoms with van der Waals surface area (Å²) in [6, 6.07) is 0.498. The Morgan fingerprint density at radius 1 is 1.27 bits per heavy atom. The molecule has 0 aromatic rings. The summed E-state index contributed by atoms with van der Waals surface area (Å²) >= 11 is 0. The van der Waals surface area contributed by atoms with E-state index >= 15 is 0 Å². The molecule has 11 heavy (non-hydrogen) atoms. The number of nitrogens with zero attached hydrogens (tertiary/aromatic N) is 1. The Balaban J connectivity index is 2.04. The first-order valence-electron chi connectivity index (χ1n) is 4.57. The van der Waals surface area contributed by atoms with Gasteiger partial charge >= 0.3 is 0 Å². The topological polar surface area (TPSA) is 21.6 Å². The third kappa shape index (κ3) is 1.39. The Bertz CT molecular complexity index is 176. The fourth-order valence-corrected chi connectivity index (χ4v) is 2.02. The van der Waals surface area contributed by atoms with Crippen molar-refractivity contribution < 1.29 is 4.74 Å². The highest BCUT2D eigenvalue weighted by Crippen LogP contribution is 2.27. The van der Waals surface area contributed by atoms with Gasteiger partial charge in [-0.1, -0.05) is 12.8 Å². The summed E-state index contributed by atoms with van der Waals surface area (Å²) in [6.07, 6.45) is 6.90. The normalized spacial score (nSPS) is 37.0. The lowest BCUT2D eigenvalue weighted by Crippen LogP contribution is -2.20. The molecule has 1 aliphatic carbocycles. The minimum absolute atomic E-state index is 0.428. The van der Waals surface area contributed by atoms with Crippen molar-refractivity contribution in [3.8, 4) is 0 Å². The maximum absolute atomic E-state index is 5.60. The highest BCUT2D eigenvalue weighted by Gasteiger charge is 2.29. The van der Waals surface area contributed by atoms with Crippen LogP contribution in [0.4, 0.5) is 0 Å². The van der Waals surface area contributed by atoms with Crippen molar-refractivity contribution in [2.24, 2.45) is 4.99 Å². The molecule has 0 radical (unpaired) electrons. The fourth-order valence-electron chi connectivity index (χ4n) is 2.02. The molecule has 2 rings (SSSR count). The molecule has 2 atom stereocenters. The minimum Gasteiger partial charge on any atom is -0.476 e. The third-order valence-corrected chi connectivity index (χ3v) is 2.59. The Hall–Kier alpha value is -0.530. The summed E-state index contributed by atoms with van der Waals surface area (Å²) in [7, 11) is 0. The van der Waals surface area contributed by atoms with Crippen molar-refractivity contribution in [1.82, 2.24) is 0 Å². The molecule has 1 aliphatic heterocycles. The van der Waals surface area contributed by atoms with E-state index in [1.807, 2.05) is 6.92 Å². The van der Waals surface area contributed by atoms with Crippen LogP contribution in [-0.4, -0.2) is 18.0 Å². The molecule has 62 valence electrons. The van der Waals surface area contributed by atoms with E-state index in [2.05, 4.69) is 4.99 Å². The van der Waals surface area contributed by atoms with Crippen LogP contribution in [0.3, 0.4) is 0 Å². The monoisotopic (exact) mass is 153 g/mol.